The molecule has 162 valence electrons. The van der Waals surface area contributed by atoms with Crippen molar-refractivity contribution in [2.24, 2.45) is 0 Å². The molecule has 3 rings (SSSR count). The molecule has 0 aliphatic heterocycles. The van der Waals surface area contributed by atoms with Gasteiger partial charge in [-0.15, -0.1) is 0 Å². The zero-order valence-electron chi connectivity index (χ0n) is 18.9. The summed E-state index contributed by atoms with van der Waals surface area (Å²) in [5.74, 6) is -0.0303. The van der Waals surface area contributed by atoms with Crippen molar-refractivity contribution in [1.29, 1.82) is 0 Å². The minimum atomic E-state index is -0.0724. The van der Waals surface area contributed by atoms with Crippen LogP contribution in [0.4, 0.5) is 0 Å². The third-order valence-electron chi connectivity index (χ3n) is 5.28. The molecule has 3 nitrogen and oxygen atoms in total. The molecule has 0 saturated heterocycles. The lowest BCUT2D eigenvalue weighted by Gasteiger charge is -2.25. The Kier molecular flexibility index (Phi) is 7.93. The Hall–Kier alpha value is -3.72. The van der Waals surface area contributed by atoms with Crippen molar-refractivity contribution in [2.75, 3.05) is 6.54 Å². The van der Waals surface area contributed by atoms with E-state index in [1.807, 2.05) is 112 Å². The lowest BCUT2D eigenvalue weighted by Crippen LogP contribution is -2.29. The van der Waals surface area contributed by atoms with E-state index >= 15 is 0 Å². The van der Waals surface area contributed by atoms with Gasteiger partial charge in [0, 0.05) is 18.5 Å². The van der Waals surface area contributed by atoms with Crippen LogP contribution in [0.1, 0.15) is 47.3 Å². The summed E-state index contributed by atoms with van der Waals surface area (Å²) in [6.45, 7) is 6.31. The molecular formula is C29H29NO2. The summed E-state index contributed by atoms with van der Waals surface area (Å²) in [4.78, 5) is 27.6. The van der Waals surface area contributed by atoms with Crippen LogP contribution in [0.3, 0.4) is 0 Å². The highest BCUT2D eigenvalue weighted by Gasteiger charge is 2.20. The van der Waals surface area contributed by atoms with Gasteiger partial charge in [-0.3, -0.25) is 9.59 Å². The molecule has 1 amide bonds. The number of hydrogen-bond donors (Lipinski definition) is 0. The second-order valence-electron chi connectivity index (χ2n) is 7.60. The van der Waals surface area contributed by atoms with E-state index in [4.69, 9.17) is 0 Å². The summed E-state index contributed by atoms with van der Waals surface area (Å²) in [5.41, 5.74) is 5.14. The first kappa shape index (κ1) is 23.0. The summed E-state index contributed by atoms with van der Waals surface area (Å²) >= 11 is 0. The molecule has 3 aromatic rings. The molecule has 0 N–H and O–H groups in total. The number of amides is 1. The molecular weight excluding hydrogens is 394 g/mol. The third kappa shape index (κ3) is 5.70. The minimum absolute atomic E-state index is 0.0421. The second-order valence-corrected chi connectivity index (χ2v) is 7.60. The Bertz CT molecular complexity index is 1110. The number of nitrogens with zero attached hydrogens (tertiary/aromatic N) is 1. The summed E-state index contributed by atoms with van der Waals surface area (Å²) in [7, 11) is 0. The number of carbonyl (C=O) groups is 2. The van der Waals surface area contributed by atoms with Gasteiger partial charge in [0.2, 0.25) is 0 Å². The first-order chi connectivity index (χ1) is 15.5. The quantitative estimate of drug-likeness (QED) is 0.304. The molecule has 0 spiro atoms. The smallest absolute Gasteiger partial charge is 0.258 e. The van der Waals surface area contributed by atoms with E-state index in [1.165, 1.54) is 0 Å². The Morgan fingerprint density at radius 1 is 0.719 bits per heavy atom. The van der Waals surface area contributed by atoms with Crippen LogP contribution in [-0.4, -0.2) is 23.1 Å². The van der Waals surface area contributed by atoms with Crippen LogP contribution in [0.2, 0.25) is 0 Å². The first-order valence-corrected chi connectivity index (χ1v) is 11.0. The number of rotatable bonds is 8. The van der Waals surface area contributed by atoms with Gasteiger partial charge in [-0.1, -0.05) is 85.3 Å². The van der Waals surface area contributed by atoms with E-state index in [0.29, 0.717) is 18.5 Å². The first-order valence-electron chi connectivity index (χ1n) is 11.0. The minimum Gasteiger partial charge on any atom is -0.308 e. The van der Waals surface area contributed by atoms with Crippen LogP contribution >= 0.6 is 0 Å². The topological polar surface area (TPSA) is 37.4 Å². The number of ketones is 1. The van der Waals surface area contributed by atoms with Crippen LogP contribution in [0.5, 0.6) is 0 Å². The standard InChI is InChI=1S/C29H29NO2/c1-4-27(31)20-26(23-12-8-6-9-13-23)21-28(24-14-10-7-11-15-24)30(5-2)29(32)25-18-16-22(3)17-19-25/h6-21H,4-5H2,1-3H3. The molecule has 32 heavy (non-hydrogen) atoms. The molecule has 0 unspecified atom stereocenters. The van der Waals surface area contributed by atoms with E-state index in [1.54, 1.807) is 11.0 Å². The Morgan fingerprint density at radius 2 is 1.28 bits per heavy atom. The van der Waals surface area contributed by atoms with Gasteiger partial charge in [0.05, 0.1) is 5.70 Å². The van der Waals surface area contributed by atoms with Crippen molar-refractivity contribution in [1.82, 2.24) is 4.90 Å². The van der Waals surface area contributed by atoms with E-state index in [-0.39, 0.29) is 11.7 Å². The Balaban J connectivity index is 2.16. The highest BCUT2D eigenvalue weighted by Crippen LogP contribution is 2.27. The average Bonchev–Trinajstić information content (AvgIpc) is 2.84. The van der Waals surface area contributed by atoms with Gasteiger partial charge in [-0.25, -0.2) is 0 Å². The van der Waals surface area contributed by atoms with Crippen molar-refractivity contribution < 1.29 is 9.59 Å². The number of carbonyl (C=O) groups excluding carboxylic acids is 2. The van der Waals surface area contributed by atoms with Gasteiger partial charge in [-0.05, 0) is 54.8 Å². The fourth-order valence-corrected chi connectivity index (χ4v) is 3.46. The van der Waals surface area contributed by atoms with E-state index in [2.05, 4.69) is 0 Å². The van der Waals surface area contributed by atoms with Crippen molar-refractivity contribution in [3.8, 4) is 0 Å². The zero-order chi connectivity index (χ0) is 22.9. The second kappa shape index (κ2) is 11.1. The predicted molar refractivity (Wildman–Crippen MR) is 132 cm³/mol. The van der Waals surface area contributed by atoms with Crippen LogP contribution < -0.4 is 0 Å². The highest BCUT2D eigenvalue weighted by atomic mass is 16.2. The van der Waals surface area contributed by atoms with Gasteiger partial charge in [0.1, 0.15) is 0 Å². The van der Waals surface area contributed by atoms with E-state index < -0.39 is 0 Å². The predicted octanol–water partition coefficient (Wildman–Crippen LogP) is 6.56. The fraction of sp³-hybridized carbons (Fsp3) is 0.172. The van der Waals surface area contributed by atoms with Crippen LogP contribution in [0.25, 0.3) is 11.3 Å². The maximum atomic E-state index is 13.5. The van der Waals surface area contributed by atoms with Gasteiger partial charge < -0.3 is 4.90 Å². The van der Waals surface area contributed by atoms with Crippen LogP contribution in [0.15, 0.2) is 97.1 Å². The molecule has 0 aliphatic carbocycles. The van der Waals surface area contributed by atoms with Crippen molar-refractivity contribution >= 4 is 23.0 Å². The monoisotopic (exact) mass is 423 g/mol. The van der Waals surface area contributed by atoms with Crippen LogP contribution in [0, 0.1) is 6.92 Å². The molecule has 0 aliphatic rings. The number of allylic oxidation sites excluding steroid dienone is 3. The maximum absolute atomic E-state index is 13.5. The van der Waals surface area contributed by atoms with Gasteiger partial charge in [0.25, 0.3) is 5.91 Å². The van der Waals surface area contributed by atoms with Gasteiger partial charge in [-0.2, -0.15) is 0 Å². The molecule has 0 fully saturated rings. The molecule has 3 aromatic carbocycles. The van der Waals surface area contributed by atoms with Crippen molar-refractivity contribution in [3.63, 3.8) is 0 Å². The Morgan fingerprint density at radius 3 is 1.81 bits per heavy atom. The summed E-state index contributed by atoms with van der Waals surface area (Å²) < 4.78 is 0. The lowest BCUT2D eigenvalue weighted by molar-refractivity contribution is -0.114. The van der Waals surface area contributed by atoms with Crippen molar-refractivity contribution in [2.45, 2.75) is 27.2 Å². The number of benzene rings is 3. The molecule has 0 bridgehead atoms. The summed E-state index contributed by atoms with van der Waals surface area (Å²) in [6.07, 6.45) is 4.04. The summed E-state index contributed by atoms with van der Waals surface area (Å²) in [5, 5.41) is 0. The van der Waals surface area contributed by atoms with E-state index in [9.17, 15) is 9.59 Å². The maximum Gasteiger partial charge on any atom is 0.258 e. The third-order valence-corrected chi connectivity index (χ3v) is 5.28. The SMILES string of the molecule is CCC(=O)C=C(C=C(c1ccccc1)N(CC)C(=O)c1ccc(C)cc1)c1ccccc1. The van der Waals surface area contributed by atoms with Crippen molar-refractivity contribution in [3.05, 3.63) is 119 Å². The lowest BCUT2D eigenvalue weighted by atomic mass is 9.99. The fourth-order valence-electron chi connectivity index (χ4n) is 3.46. The average molecular weight is 424 g/mol. The molecule has 0 heterocycles. The Labute approximate surface area is 190 Å². The zero-order valence-corrected chi connectivity index (χ0v) is 18.9. The van der Waals surface area contributed by atoms with Crippen LogP contribution in [-0.2, 0) is 4.79 Å². The number of aryl methyl sites for hydroxylation is 1. The normalized spacial score (nSPS) is 11.8. The molecule has 0 aromatic heterocycles. The largest absolute Gasteiger partial charge is 0.308 e. The molecule has 0 saturated carbocycles. The molecule has 0 atom stereocenters. The number of hydrogen-bond acceptors (Lipinski definition) is 2. The van der Waals surface area contributed by atoms with Gasteiger partial charge >= 0.3 is 0 Å². The highest BCUT2D eigenvalue weighted by molar-refractivity contribution is 6.03. The summed E-state index contributed by atoms with van der Waals surface area (Å²) in [6, 6.07) is 27.2. The van der Waals surface area contributed by atoms with Gasteiger partial charge in [0.15, 0.2) is 5.78 Å². The molecule has 0 radical (unpaired) electrons. The van der Waals surface area contributed by atoms with E-state index in [0.717, 1.165) is 28.0 Å². The molecule has 3 heteroatoms.